The molecule has 1 heterocycles. The molecule has 2 atom stereocenters. The Morgan fingerprint density at radius 3 is 2.37 bits per heavy atom. The third-order valence-electron chi connectivity index (χ3n) is 3.19. The fourth-order valence-electron chi connectivity index (χ4n) is 1.61. The van der Waals surface area contributed by atoms with Crippen molar-refractivity contribution in [3.8, 4) is 0 Å². The van der Waals surface area contributed by atoms with Gasteiger partial charge in [-0.25, -0.2) is 4.98 Å². The fraction of sp³-hybridized carbons (Fsp3) is 0.643. The average Bonchev–Trinajstić information content (AvgIpc) is 2.76. The summed E-state index contributed by atoms with van der Waals surface area (Å²) < 4.78 is 5.35. The van der Waals surface area contributed by atoms with Gasteiger partial charge in [0.1, 0.15) is 10.7 Å². The second kappa shape index (κ2) is 6.80. The Morgan fingerprint density at radius 2 is 1.95 bits per heavy atom. The normalized spacial score (nSPS) is 14.2. The number of carbonyl (C=O) groups excluding carboxylic acids is 2. The van der Waals surface area contributed by atoms with Crippen molar-refractivity contribution < 1.29 is 14.3 Å². The van der Waals surface area contributed by atoms with Crippen LogP contribution >= 0.6 is 11.3 Å². The highest BCUT2D eigenvalue weighted by molar-refractivity contribution is 7.09. The van der Waals surface area contributed by atoms with Gasteiger partial charge in [-0.3, -0.25) is 9.59 Å². The summed E-state index contributed by atoms with van der Waals surface area (Å²) >= 11 is 1.37. The third-order valence-corrected chi connectivity index (χ3v) is 4.13. The first-order chi connectivity index (χ1) is 8.81. The van der Waals surface area contributed by atoms with Gasteiger partial charge in [0.2, 0.25) is 0 Å². The van der Waals surface area contributed by atoms with Crippen molar-refractivity contribution >= 4 is 23.1 Å². The standard InChI is InChI=1S/C14H21NO3S/c1-8(2)9(3)6-13(18-11(5)17)14-15-12(7-19-14)10(4)16/h7-9,13H,6H2,1-5H3/t9-,13-/m1/s1. The molecular weight excluding hydrogens is 262 g/mol. The smallest absolute Gasteiger partial charge is 0.303 e. The van der Waals surface area contributed by atoms with Crippen molar-refractivity contribution in [2.75, 3.05) is 0 Å². The van der Waals surface area contributed by atoms with Crippen molar-refractivity contribution in [2.45, 2.75) is 47.1 Å². The van der Waals surface area contributed by atoms with E-state index in [1.807, 2.05) is 0 Å². The van der Waals surface area contributed by atoms with E-state index in [2.05, 4.69) is 25.8 Å². The van der Waals surface area contributed by atoms with Gasteiger partial charge in [0, 0.05) is 19.2 Å². The van der Waals surface area contributed by atoms with E-state index >= 15 is 0 Å². The van der Waals surface area contributed by atoms with Gasteiger partial charge < -0.3 is 4.74 Å². The molecule has 0 spiro atoms. The predicted molar refractivity (Wildman–Crippen MR) is 75.2 cm³/mol. The molecular formula is C14H21NO3S. The Hall–Kier alpha value is -1.23. The van der Waals surface area contributed by atoms with E-state index in [0.717, 1.165) is 6.42 Å². The molecule has 0 aromatic carbocycles. The predicted octanol–water partition coefficient (Wildman–Crippen LogP) is 3.63. The van der Waals surface area contributed by atoms with E-state index in [9.17, 15) is 9.59 Å². The highest BCUT2D eigenvalue weighted by Gasteiger charge is 2.23. The number of nitrogens with zero attached hydrogens (tertiary/aromatic N) is 1. The number of carbonyl (C=O) groups is 2. The molecule has 0 aliphatic heterocycles. The minimum absolute atomic E-state index is 0.0685. The molecule has 0 amide bonds. The average molecular weight is 283 g/mol. The maximum Gasteiger partial charge on any atom is 0.303 e. The van der Waals surface area contributed by atoms with Gasteiger partial charge in [0.05, 0.1) is 0 Å². The first-order valence-corrected chi connectivity index (χ1v) is 7.32. The van der Waals surface area contributed by atoms with E-state index in [1.165, 1.54) is 25.2 Å². The van der Waals surface area contributed by atoms with Crippen LogP contribution in [0.1, 0.15) is 62.6 Å². The first kappa shape index (κ1) is 15.8. The number of hydrogen-bond donors (Lipinski definition) is 0. The van der Waals surface area contributed by atoms with E-state index < -0.39 is 0 Å². The number of hydrogen-bond acceptors (Lipinski definition) is 5. The van der Waals surface area contributed by atoms with Crippen LogP contribution in [-0.2, 0) is 9.53 Å². The molecule has 0 bridgehead atoms. The van der Waals surface area contributed by atoms with E-state index in [0.29, 0.717) is 22.5 Å². The Labute approximate surface area is 118 Å². The topological polar surface area (TPSA) is 56.3 Å². The van der Waals surface area contributed by atoms with Gasteiger partial charge in [-0.2, -0.15) is 0 Å². The Morgan fingerprint density at radius 1 is 1.32 bits per heavy atom. The molecule has 0 saturated heterocycles. The number of ether oxygens (including phenoxy) is 1. The summed E-state index contributed by atoms with van der Waals surface area (Å²) in [6.07, 6.45) is 0.371. The molecule has 0 radical (unpaired) electrons. The molecule has 0 saturated carbocycles. The Bertz CT molecular complexity index is 453. The van der Waals surface area contributed by atoms with Crippen LogP contribution in [0.4, 0.5) is 0 Å². The van der Waals surface area contributed by atoms with Gasteiger partial charge >= 0.3 is 5.97 Å². The Kier molecular flexibility index (Phi) is 5.66. The molecule has 0 N–H and O–H groups in total. The van der Waals surface area contributed by atoms with Crippen molar-refractivity contribution in [2.24, 2.45) is 11.8 Å². The number of esters is 1. The highest BCUT2D eigenvalue weighted by atomic mass is 32.1. The monoisotopic (exact) mass is 283 g/mol. The third kappa shape index (κ3) is 4.74. The minimum atomic E-state index is -0.354. The lowest BCUT2D eigenvalue weighted by atomic mass is 9.92. The molecule has 5 heteroatoms. The van der Waals surface area contributed by atoms with Crippen molar-refractivity contribution in [1.29, 1.82) is 0 Å². The van der Waals surface area contributed by atoms with Gasteiger partial charge in [0.15, 0.2) is 11.9 Å². The fourth-order valence-corrected chi connectivity index (χ4v) is 2.50. The molecule has 0 unspecified atom stereocenters. The van der Waals surface area contributed by atoms with Crippen molar-refractivity contribution in [3.63, 3.8) is 0 Å². The summed E-state index contributed by atoms with van der Waals surface area (Å²) in [5.74, 6) is 0.529. The maximum atomic E-state index is 11.3. The number of rotatable bonds is 6. The van der Waals surface area contributed by atoms with Crippen LogP contribution in [0.3, 0.4) is 0 Å². The molecule has 0 aliphatic carbocycles. The van der Waals surface area contributed by atoms with Gasteiger partial charge in [-0.05, 0) is 18.3 Å². The van der Waals surface area contributed by atoms with Crippen molar-refractivity contribution in [3.05, 3.63) is 16.1 Å². The molecule has 1 aromatic heterocycles. The lowest BCUT2D eigenvalue weighted by Gasteiger charge is -2.21. The summed E-state index contributed by atoms with van der Waals surface area (Å²) in [6.45, 7) is 9.28. The minimum Gasteiger partial charge on any atom is -0.455 e. The molecule has 1 aromatic rings. The zero-order chi connectivity index (χ0) is 14.6. The van der Waals surface area contributed by atoms with E-state index in [-0.39, 0.29) is 17.9 Å². The lowest BCUT2D eigenvalue weighted by molar-refractivity contribution is -0.147. The zero-order valence-electron chi connectivity index (χ0n) is 12.1. The molecule has 0 fully saturated rings. The zero-order valence-corrected chi connectivity index (χ0v) is 12.9. The van der Waals surface area contributed by atoms with E-state index in [4.69, 9.17) is 4.74 Å². The second-order valence-corrected chi connectivity index (χ2v) is 6.07. The largest absolute Gasteiger partial charge is 0.455 e. The molecule has 1 rings (SSSR count). The van der Waals surface area contributed by atoms with Gasteiger partial charge in [-0.1, -0.05) is 20.8 Å². The van der Waals surface area contributed by atoms with Gasteiger partial charge in [0.25, 0.3) is 0 Å². The summed E-state index contributed by atoms with van der Waals surface area (Å²) in [5, 5.41) is 2.42. The first-order valence-electron chi connectivity index (χ1n) is 6.44. The number of thiazole rings is 1. The quantitative estimate of drug-likeness (QED) is 0.591. The Balaban J connectivity index is 2.88. The summed E-state index contributed by atoms with van der Waals surface area (Å²) in [7, 11) is 0. The number of aromatic nitrogens is 1. The summed E-state index contributed by atoms with van der Waals surface area (Å²) in [4.78, 5) is 26.7. The summed E-state index contributed by atoms with van der Waals surface area (Å²) in [5.41, 5.74) is 0.439. The molecule has 106 valence electrons. The molecule has 0 aliphatic rings. The van der Waals surface area contributed by atoms with Crippen LogP contribution in [0, 0.1) is 11.8 Å². The second-order valence-electron chi connectivity index (χ2n) is 5.18. The van der Waals surface area contributed by atoms with Crippen LogP contribution in [0.5, 0.6) is 0 Å². The molecule has 4 nitrogen and oxygen atoms in total. The van der Waals surface area contributed by atoms with Crippen molar-refractivity contribution in [1.82, 2.24) is 4.98 Å². The van der Waals surface area contributed by atoms with Gasteiger partial charge in [-0.15, -0.1) is 11.3 Å². The molecule has 19 heavy (non-hydrogen) atoms. The van der Waals surface area contributed by atoms with Crippen LogP contribution in [0.25, 0.3) is 0 Å². The maximum absolute atomic E-state index is 11.3. The van der Waals surface area contributed by atoms with Crippen LogP contribution in [0.2, 0.25) is 0 Å². The number of ketones is 1. The highest BCUT2D eigenvalue weighted by Crippen LogP contribution is 2.30. The number of Topliss-reactive ketones (excluding diaryl/α,β-unsaturated/α-hetero) is 1. The lowest BCUT2D eigenvalue weighted by Crippen LogP contribution is -2.15. The van der Waals surface area contributed by atoms with Crippen LogP contribution in [-0.4, -0.2) is 16.7 Å². The van der Waals surface area contributed by atoms with E-state index in [1.54, 1.807) is 5.38 Å². The summed E-state index contributed by atoms with van der Waals surface area (Å²) in [6, 6.07) is 0. The van der Waals surface area contributed by atoms with Crippen LogP contribution < -0.4 is 0 Å². The SMILES string of the molecule is CC(=O)O[C@H](C[C@@H](C)C(C)C)c1nc(C(C)=O)cs1. The van der Waals surface area contributed by atoms with Crippen LogP contribution in [0.15, 0.2) is 5.38 Å².